The van der Waals surface area contributed by atoms with Crippen LogP contribution < -0.4 is 0 Å². The Balaban J connectivity index is 2.89. The van der Waals surface area contributed by atoms with Crippen molar-refractivity contribution in [2.75, 3.05) is 13.3 Å². The highest BCUT2D eigenvalue weighted by Gasteiger charge is 2.48. The predicted molar refractivity (Wildman–Crippen MR) is 47.0 cm³/mol. The summed E-state index contributed by atoms with van der Waals surface area (Å²) in [6.45, 7) is 3.66. The van der Waals surface area contributed by atoms with Crippen molar-refractivity contribution in [2.24, 2.45) is 5.92 Å². The smallest absolute Gasteiger partial charge is 0.312 e. The highest BCUT2D eigenvalue weighted by molar-refractivity contribution is 7.54. The minimum Gasteiger partial charge on any atom is -0.312 e. The lowest BCUT2D eigenvalue weighted by molar-refractivity contribution is 0.0936. The summed E-state index contributed by atoms with van der Waals surface area (Å²) in [6, 6.07) is 0. The highest BCUT2D eigenvalue weighted by atomic mass is 31.2. The van der Waals surface area contributed by atoms with Crippen LogP contribution in [0.3, 0.4) is 0 Å². The van der Waals surface area contributed by atoms with Gasteiger partial charge in [0.1, 0.15) is 0 Å². The topological polar surface area (TPSA) is 35.5 Å². The summed E-state index contributed by atoms with van der Waals surface area (Å²) in [4.78, 5) is 0. The molecule has 0 aromatic carbocycles. The molecule has 2 unspecified atom stereocenters. The molecule has 0 bridgehead atoms. The molecule has 1 heterocycles. The Morgan fingerprint density at radius 2 is 2.33 bits per heavy atom. The minimum atomic E-state index is -2.89. The molecule has 0 N–H and O–H groups in total. The van der Waals surface area contributed by atoms with Gasteiger partial charge in [-0.3, -0.25) is 4.57 Å². The van der Waals surface area contributed by atoms with E-state index in [1.165, 1.54) is 7.11 Å². The fourth-order valence-corrected chi connectivity index (χ4v) is 3.40. The van der Waals surface area contributed by atoms with Gasteiger partial charge in [0.25, 0.3) is 0 Å². The molecule has 1 fully saturated rings. The SMILES string of the molecule is C#CC1CP(=O)(OC)OC1(C)C. The number of hydrogen-bond acceptors (Lipinski definition) is 3. The van der Waals surface area contributed by atoms with Crippen LogP contribution in [-0.4, -0.2) is 18.9 Å². The van der Waals surface area contributed by atoms with Gasteiger partial charge in [-0.25, -0.2) is 0 Å². The van der Waals surface area contributed by atoms with Crippen molar-refractivity contribution in [3.8, 4) is 12.3 Å². The second-order valence-electron chi connectivity index (χ2n) is 3.39. The molecule has 1 rings (SSSR count). The largest absolute Gasteiger partial charge is 0.332 e. The Bertz CT molecular complexity index is 264. The van der Waals surface area contributed by atoms with Gasteiger partial charge in [0.2, 0.25) is 0 Å². The normalized spacial score (nSPS) is 39.3. The third-order valence-corrected chi connectivity index (χ3v) is 4.22. The van der Waals surface area contributed by atoms with E-state index in [0.29, 0.717) is 6.16 Å². The maximum Gasteiger partial charge on any atom is 0.332 e. The van der Waals surface area contributed by atoms with E-state index in [-0.39, 0.29) is 5.92 Å². The van der Waals surface area contributed by atoms with Gasteiger partial charge in [-0.1, -0.05) is 5.92 Å². The number of hydrogen-bond donors (Lipinski definition) is 0. The average molecular weight is 188 g/mol. The zero-order valence-electron chi connectivity index (χ0n) is 7.53. The molecule has 2 atom stereocenters. The third-order valence-electron chi connectivity index (χ3n) is 2.10. The molecule has 0 amide bonds. The van der Waals surface area contributed by atoms with Gasteiger partial charge in [-0.2, -0.15) is 0 Å². The molecule has 0 aromatic rings. The average Bonchev–Trinajstić information content (AvgIpc) is 2.22. The lowest BCUT2D eigenvalue weighted by atomic mass is 9.94. The summed E-state index contributed by atoms with van der Waals surface area (Å²) >= 11 is 0. The van der Waals surface area contributed by atoms with Gasteiger partial charge in [-0.05, 0) is 13.8 Å². The standard InChI is InChI=1S/C8H13O3P/c1-5-7-6-12(9,10-4)11-8(7,2)3/h1,7H,6H2,2-4H3. The van der Waals surface area contributed by atoms with E-state index in [2.05, 4.69) is 5.92 Å². The van der Waals surface area contributed by atoms with Gasteiger partial charge in [0, 0.05) is 7.11 Å². The molecule has 3 nitrogen and oxygen atoms in total. The van der Waals surface area contributed by atoms with Crippen molar-refractivity contribution in [3.05, 3.63) is 0 Å². The molecule has 68 valence electrons. The van der Waals surface area contributed by atoms with E-state index in [1.54, 1.807) is 0 Å². The quantitative estimate of drug-likeness (QED) is 0.465. The van der Waals surface area contributed by atoms with Crippen LogP contribution in [0.15, 0.2) is 0 Å². The van der Waals surface area contributed by atoms with Gasteiger partial charge >= 0.3 is 7.60 Å². The first kappa shape index (κ1) is 9.80. The fourth-order valence-electron chi connectivity index (χ4n) is 1.27. The molecule has 1 saturated heterocycles. The van der Waals surface area contributed by atoms with Gasteiger partial charge in [0.15, 0.2) is 0 Å². The number of terminal acetylenes is 1. The van der Waals surface area contributed by atoms with Crippen LogP contribution in [0.5, 0.6) is 0 Å². The Morgan fingerprint density at radius 3 is 2.58 bits per heavy atom. The van der Waals surface area contributed by atoms with Crippen molar-refractivity contribution in [1.29, 1.82) is 0 Å². The van der Waals surface area contributed by atoms with Gasteiger partial charge < -0.3 is 9.05 Å². The molecule has 0 aromatic heterocycles. The minimum absolute atomic E-state index is 0.122. The first-order valence-corrected chi connectivity index (χ1v) is 5.48. The molecule has 0 aliphatic carbocycles. The van der Waals surface area contributed by atoms with Crippen LogP contribution in [0.4, 0.5) is 0 Å². The fraction of sp³-hybridized carbons (Fsp3) is 0.750. The van der Waals surface area contributed by atoms with Crippen molar-refractivity contribution in [1.82, 2.24) is 0 Å². The molecule has 4 heteroatoms. The first-order chi connectivity index (χ1) is 5.43. The molecule has 12 heavy (non-hydrogen) atoms. The number of rotatable bonds is 1. The van der Waals surface area contributed by atoms with Gasteiger partial charge in [-0.15, -0.1) is 6.42 Å². The summed E-state index contributed by atoms with van der Waals surface area (Å²) in [5.74, 6) is 2.44. The summed E-state index contributed by atoms with van der Waals surface area (Å²) in [6.07, 6.45) is 5.60. The molecule has 0 saturated carbocycles. The van der Waals surface area contributed by atoms with E-state index in [0.717, 1.165) is 0 Å². The molecular weight excluding hydrogens is 175 g/mol. The van der Waals surface area contributed by atoms with Crippen LogP contribution in [0.1, 0.15) is 13.8 Å². The zero-order chi connectivity index (χ0) is 9.41. The first-order valence-electron chi connectivity index (χ1n) is 3.75. The van der Waals surface area contributed by atoms with Crippen LogP contribution in [0, 0.1) is 18.3 Å². The lowest BCUT2D eigenvalue weighted by Gasteiger charge is -2.20. The summed E-state index contributed by atoms with van der Waals surface area (Å²) in [7, 11) is -1.50. The predicted octanol–water partition coefficient (Wildman–Crippen LogP) is 1.88. The second kappa shape index (κ2) is 2.88. The lowest BCUT2D eigenvalue weighted by Crippen LogP contribution is -2.26. The summed E-state index contributed by atoms with van der Waals surface area (Å²) in [5.41, 5.74) is -0.527. The second-order valence-corrected chi connectivity index (χ2v) is 5.52. The maximum atomic E-state index is 11.6. The molecular formula is C8H13O3P. The Morgan fingerprint density at radius 1 is 1.75 bits per heavy atom. The molecule has 1 aliphatic heterocycles. The van der Waals surface area contributed by atoms with E-state index in [1.807, 2.05) is 13.8 Å². The van der Waals surface area contributed by atoms with Crippen molar-refractivity contribution in [2.45, 2.75) is 19.4 Å². The van der Waals surface area contributed by atoms with E-state index in [9.17, 15) is 4.57 Å². The van der Waals surface area contributed by atoms with E-state index >= 15 is 0 Å². The monoisotopic (exact) mass is 188 g/mol. The zero-order valence-corrected chi connectivity index (χ0v) is 8.43. The van der Waals surface area contributed by atoms with Crippen LogP contribution in [0.25, 0.3) is 0 Å². The summed E-state index contributed by atoms with van der Waals surface area (Å²) < 4.78 is 21.7. The van der Waals surface area contributed by atoms with E-state index < -0.39 is 13.2 Å². The van der Waals surface area contributed by atoms with Crippen LogP contribution in [-0.2, 0) is 13.6 Å². The van der Waals surface area contributed by atoms with Crippen LogP contribution in [0.2, 0.25) is 0 Å². The Hall–Kier alpha value is -0.290. The van der Waals surface area contributed by atoms with Gasteiger partial charge in [0.05, 0.1) is 17.7 Å². The summed E-state index contributed by atoms with van der Waals surface area (Å²) in [5, 5.41) is 0. The third kappa shape index (κ3) is 1.56. The van der Waals surface area contributed by atoms with E-state index in [4.69, 9.17) is 15.5 Å². The Kier molecular flexibility index (Phi) is 2.35. The Labute approximate surface area is 73.0 Å². The van der Waals surface area contributed by atoms with Crippen molar-refractivity contribution >= 4 is 7.60 Å². The van der Waals surface area contributed by atoms with Crippen molar-refractivity contribution < 1.29 is 13.6 Å². The van der Waals surface area contributed by atoms with Crippen molar-refractivity contribution in [3.63, 3.8) is 0 Å². The maximum absolute atomic E-state index is 11.6. The molecule has 0 radical (unpaired) electrons. The molecule has 0 spiro atoms. The van der Waals surface area contributed by atoms with Crippen LogP contribution >= 0.6 is 7.60 Å². The molecule has 1 aliphatic rings. The highest BCUT2D eigenvalue weighted by Crippen LogP contribution is 2.60.